The maximum Gasteiger partial charge on any atom is 0.291 e. The zero-order chi connectivity index (χ0) is 17.4. The molecule has 2 aromatic carbocycles. The molecule has 4 nitrogen and oxygen atoms in total. The normalized spacial score (nSPS) is 12.2. The van der Waals surface area contributed by atoms with Crippen molar-refractivity contribution in [3.8, 4) is 11.4 Å². The molecule has 2 aromatic heterocycles. The lowest BCUT2D eigenvalue weighted by molar-refractivity contribution is 0.936. The number of nitrogens with zero attached hydrogens (tertiary/aromatic N) is 3. The third kappa shape index (κ3) is 3.15. The smallest absolute Gasteiger partial charge is 0.266 e. The Hall–Kier alpha value is -1.96. The topological polar surface area (TPSA) is 47.3 Å². The van der Waals surface area contributed by atoms with E-state index in [4.69, 9.17) is 0 Å². The lowest BCUT2D eigenvalue weighted by Crippen LogP contribution is -2.23. The van der Waals surface area contributed by atoms with Crippen molar-refractivity contribution in [2.75, 3.05) is 6.26 Å². The van der Waals surface area contributed by atoms with Crippen LogP contribution < -0.4 is 10.1 Å². The van der Waals surface area contributed by atoms with Gasteiger partial charge in [-0.2, -0.15) is 9.50 Å². The van der Waals surface area contributed by atoms with Gasteiger partial charge in [-0.15, -0.1) is 16.9 Å². The van der Waals surface area contributed by atoms with Gasteiger partial charge in [0.2, 0.25) is 4.96 Å². The summed E-state index contributed by atoms with van der Waals surface area (Å²) in [6.45, 7) is 0. The number of thiazole rings is 1. The third-order valence-corrected chi connectivity index (χ3v) is 6.10. The Labute approximate surface area is 160 Å². The molecule has 0 atom stereocenters. The molecule has 0 aliphatic carbocycles. The van der Waals surface area contributed by atoms with Crippen molar-refractivity contribution in [3.63, 3.8) is 0 Å². The van der Waals surface area contributed by atoms with E-state index in [1.807, 2.05) is 60.9 Å². The van der Waals surface area contributed by atoms with Crippen LogP contribution >= 0.6 is 39.0 Å². The minimum atomic E-state index is -0.139. The average molecular weight is 430 g/mol. The Morgan fingerprint density at radius 1 is 1.16 bits per heavy atom. The number of aromatic nitrogens is 3. The first-order chi connectivity index (χ1) is 12.2. The molecule has 0 amide bonds. The van der Waals surface area contributed by atoms with Crippen molar-refractivity contribution in [3.05, 3.63) is 73.5 Å². The highest BCUT2D eigenvalue weighted by atomic mass is 79.9. The maximum atomic E-state index is 12.6. The molecule has 0 unspecified atom stereocenters. The molecule has 4 rings (SSSR count). The maximum absolute atomic E-state index is 12.6. The SMILES string of the molecule is CSc1ccc(C=c2sc3nc(-c4ccccc4Br)nn3c2=O)cc1. The Morgan fingerprint density at radius 3 is 2.60 bits per heavy atom. The molecule has 0 saturated heterocycles. The first-order valence-corrected chi connectivity index (χ1v) is 10.3. The van der Waals surface area contributed by atoms with Gasteiger partial charge in [-0.1, -0.05) is 51.5 Å². The summed E-state index contributed by atoms with van der Waals surface area (Å²) < 4.78 is 2.91. The molecular formula is C18H12BrN3OS2. The first kappa shape index (κ1) is 16.5. The van der Waals surface area contributed by atoms with Crippen molar-refractivity contribution in [2.45, 2.75) is 4.90 Å². The van der Waals surface area contributed by atoms with Crippen LogP contribution in [0.15, 0.2) is 62.7 Å². The highest BCUT2D eigenvalue weighted by molar-refractivity contribution is 9.10. The number of thioether (sulfide) groups is 1. The quantitative estimate of drug-likeness (QED) is 0.464. The molecule has 4 aromatic rings. The number of fused-ring (bicyclic) bond motifs is 1. The summed E-state index contributed by atoms with van der Waals surface area (Å²) in [6, 6.07) is 15.8. The minimum Gasteiger partial charge on any atom is -0.266 e. The minimum absolute atomic E-state index is 0.139. The van der Waals surface area contributed by atoms with E-state index in [1.165, 1.54) is 20.7 Å². The molecule has 25 heavy (non-hydrogen) atoms. The van der Waals surface area contributed by atoms with E-state index in [1.54, 1.807) is 11.8 Å². The highest BCUT2D eigenvalue weighted by Gasteiger charge is 2.13. The number of benzene rings is 2. The first-order valence-electron chi connectivity index (χ1n) is 7.46. The standard InChI is InChI=1S/C18H12BrN3OS2/c1-24-12-8-6-11(7-9-12)10-15-17(23)22-18(25-15)20-16(21-22)13-4-2-3-5-14(13)19/h2-10H,1H3. The summed E-state index contributed by atoms with van der Waals surface area (Å²) in [5.74, 6) is 0.548. The van der Waals surface area contributed by atoms with Gasteiger partial charge in [0.25, 0.3) is 5.56 Å². The van der Waals surface area contributed by atoms with Crippen LogP contribution in [0.3, 0.4) is 0 Å². The Kier molecular flexibility index (Phi) is 4.45. The number of hydrogen-bond donors (Lipinski definition) is 0. The second kappa shape index (κ2) is 6.74. The van der Waals surface area contributed by atoms with Crippen LogP contribution in [0.5, 0.6) is 0 Å². The molecule has 0 spiro atoms. The van der Waals surface area contributed by atoms with E-state index < -0.39 is 0 Å². The van der Waals surface area contributed by atoms with E-state index >= 15 is 0 Å². The van der Waals surface area contributed by atoms with Crippen LogP contribution in [0.2, 0.25) is 0 Å². The Morgan fingerprint density at radius 2 is 1.92 bits per heavy atom. The van der Waals surface area contributed by atoms with Crippen LogP contribution in [0.1, 0.15) is 5.56 Å². The molecule has 0 aliphatic rings. The van der Waals surface area contributed by atoms with Crippen molar-refractivity contribution < 1.29 is 0 Å². The predicted molar refractivity (Wildman–Crippen MR) is 107 cm³/mol. The van der Waals surface area contributed by atoms with Gasteiger partial charge in [-0.3, -0.25) is 4.79 Å². The summed E-state index contributed by atoms with van der Waals surface area (Å²) in [5.41, 5.74) is 1.72. The molecule has 0 N–H and O–H groups in total. The average Bonchev–Trinajstić information content (AvgIpc) is 3.16. The summed E-state index contributed by atoms with van der Waals surface area (Å²) in [5, 5.41) is 4.38. The van der Waals surface area contributed by atoms with Gasteiger partial charge < -0.3 is 0 Å². The summed E-state index contributed by atoms with van der Waals surface area (Å²) in [7, 11) is 0. The van der Waals surface area contributed by atoms with Gasteiger partial charge in [-0.05, 0) is 42.2 Å². The van der Waals surface area contributed by atoms with E-state index in [9.17, 15) is 4.79 Å². The lowest BCUT2D eigenvalue weighted by Gasteiger charge is -1.97. The highest BCUT2D eigenvalue weighted by Crippen LogP contribution is 2.25. The van der Waals surface area contributed by atoms with Crippen LogP contribution in [0.25, 0.3) is 22.4 Å². The van der Waals surface area contributed by atoms with Crippen molar-refractivity contribution in [1.82, 2.24) is 14.6 Å². The van der Waals surface area contributed by atoms with Crippen LogP contribution in [-0.4, -0.2) is 20.9 Å². The van der Waals surface area contributed by atoms with E-state index in [2.05, 4.69) is 26.0 Å². The van der Waals surface area contributed by atoms with Gasteiger partial charge in [0.1, 0.15) is 0 Å². The molecule has 7 heteroatoms. The summed E-state index contributed by atoms with van der Waals surface area (Å²) >= 11 is 6.54. The largest absolute Gasteiger partial charge is 0.291 e. The van der Waals surface area contributed by atoms with Crippen LogP contribution in [0.4, 0.5) is 0 Å². The third-order valence-electron chi connectivity index (χ3n) is 3.71. The Balaban J connectivity index is 1.79. The number of halogens is 1. The zero-order valence-corrected chi connectivity index (χ0v) is 16.4. The zero-order valence-electron chi connectivity index (χ0n) is 13.1. The predicted octanol–water partition coefficient (Wildman–Crippen LogP) is 3.85. The van der Waals surface area contributed by atoms with Crippen molar-refractivity contribution >= 4 is 50.1 Å². The summed E-state index contributed by atoms with van der Waals surface area (Å²) in [4.78, 5) is 18.9. The molecule has 0 bridgehead atoms. The molecule has 124 valence electrons. The molecule has 0 aliphatic heterocycles. The second-order valence-electron chi connectivity index (χ2n) is 5.30. The van der Waals surface area contributed by atoms with Gasteiger partial charge in [0.05, 0.1) is 4.53 Å². The monoisotopic (exact) mass is 429 g/mol. The van der Waals surface area contributed by atoms with E-state index in [-0.39, 0.29) is 5.56 Å². The molecule has 0 fully saturated rings. The number of hydrogen-bond acceptors (Lipinski definition) is 5. The van der Waals surface area contributed by atoms with Crippen LogP contribution in [-0.2, 0) is 0 Å². The van der Waals surface area contributed by atoms with Gasteiger partial charge >= 0.3 is 0 Å². The number of rotatable bonds is 3. The fourth-order valence-electron chi connectivity index (χ4n) is 2.44. The molecular weight excluding hydrogens is 418 g/mol. The fourth-order valence-corrected chi connectivity index (χ4v) is 4.22. The van der Waals surface area contributed by atoms with Gasteiger partial charge in [-0.25, -0.2) is 0 Å². The molecule has 2 heterocycles. The molecule has 0 radical (unpaired) electrons. The lowest BCUT2D eigenvalue weighted by atomic mass is 10.2. The van der Waals surface area contributed by atoms with E-state index in [0.29, 0.717) is 15.3 Å². The fraction of sp³-hybridized carbons (Fsp3) is 0.0556. The van der Waals surface area contributed by atoms with Crippen molar-refractivity contribution in [2.24, 2.45) is 0 Å². The van der Waals surface area contributed by atoms with Crippen molar-refractivity contribution in [1.29, 1.82) is 0 Å². The molecule has 0 saturated carbocycles. The summed E-state index contributed by atoms with van der Waals surface area (Å²) in [6.07, 6.45) is 3.92. The second-order valence-corrected chi connectivity index (χ2v) is 8.04. The van der Waals surface area contributed by atoms with Crippen LogP contribution in [0, 0.1) is 0 Å². The van der Waals surface area contributed by atoms with E-state index in [0.717, 1.165) is 15.6 Å². The Bertz CT molecular complexity index is 1170. The van der Waals surface area contributed by atoms with Gasteiger partial charge in [0.15, 0.2) is 5.82 Å². The van der Waals surface area contributed by atoms with Gasteiger partial charge in [0, 0.05) is 14.9 Å².